The average Bonchev–Trinajstić information content (AvgIpc) is 3.13. The molecule has 1 aliphatic carbocycles. The first kappa shape index (κ1) is 14.1. The van der Waals surface area contributed by atoms with Crippen molar-refractivity contribution in [1.82, 2.24) is 9.88 Å². The van der Waals surface area contributed by atoms with Crippen LogP contribution in [0.3, 0.4) is 0 Å². The summed E-state index contributed by atoms with van der Waals surface area (Å²) >= 11 is 0. The maximum absolute atomic E-state index is 12.6. The van der Waals surface area contributed by atoms with E-state index in [2.05, 4.69) is 10.3 Å². The SMILES string of the molecule is CCNc1ncccc1CN(CC(F)(F)F)C1CC1. The summed E-state index contributed by atoms with van der Waals surface area (Å²) in [4.78, 5) is 5.68. The number of halogens is 3. The van der Waals surface area contributed by atoms with Crippen LogP contribution < -0.4 is 5.32 Å². The molecule has 1 aliphatic rings. The van der Waals surface area contributed by atoms with Crippen molar-refractivity contribution in [1.29, 1.82) is 0 Å². The smallest absolute Gasteiger partial charge is 0.370 e. The molecule has 0 atom stereocenters. The van der Waals surface area contributed by atoms with Gasteiger partial charge in [-0.15, -0.1) is 0 Å². The molecule has 0 spiro atoms. The van der Waals surface area contributed by atoms with Gasteiger partial charge in [-0.1, -0.05) is 6.07 Å². The van der Waals surface area contributed by atoms with E-state index >= 15 is 0 Å². The van der Waals surface area contributed by atoms with Crippen molar-refractivity contribution >= 4 is 5.82 Å². The first-order chi connectivity index (χ1) is 8.99. The second-order valence-electron chi connectivity index (χ2n) is 4.79. The molecule has 1 saturated carbocycles. The van der Waals surface area contributed by atoms with E-state index in [4.69, 9.17) is 0 Å². The molecule has 106 valence electrons. The summed E-state index contributed by atoms with van der Waals surface area (Å²) in [6.07, 6.45) is -0.796. The highest BCUT2D eigenvalue weighted by molar-refractivity contribution is 5.43. The van der Waals surface area contributed by atoms with Crippen LogP contribution in [-0.4, -0.2) is 35.2 Å². The summed E-state index contributed by atoms with van der Waals surface area (Å²) in [5.41, 5.74) is 0.820. The number of alkyl halides is 3. The second kappa shape index (κ2) is 5.77. The second-order valence-corrected chi connectivity index (χ2v) is 4.79. The lowest BCUT2D eigenvalue weighted by atomic mass is 10.2. The van der Waals surface area contributed by atoms with Crippen molar-refractivity contribution in [2.24, 2.45) is 0 Å². The molecule has 1 heterocycles. The van der Waals surface area contributed by atoms with Crippen LogP contribution in [-0.2, 0) is 6.54 Å². The van der Waals surface area contributed by atoms with E-state index in [1.165, 1.54) is 4.90 Å². The van der Waals surface area contributed by atoms with E-state index in [1.54, 1.807) is 12.3 Å². The van der Waals surface area contributed by atoms with Crippen LogP contribution in [0.15, 0.2) is 18.3 Å². The largest absolute Gasteiger partial charge is 0.401 e. The summed E-state index contributed by atoms with van der Waals surface area (Å²) in [5, 5.41) is 3.08. The number of anilines is 1. The zero-order valence-electron chi connectivity index (χ0n) is 10.9. The molecule has 19 heavy (non-hydrogen) atoms. The van der Waals surface area contributed by atoms with E-state index in [1.807, 2.05) is 13.0 Å². The molecule has 3 nitrogen and oxygen atoms in total. The van der Waals surface area contributed by atoms with Gasteiger partial charge in [-0.2, -0.15) is 13.2 Å². The van der Waals surface area contributed by atoms with E-state index in [-0.39, 0.29) is 6.04 Å². The Balaban J connectivity index is 2.08. The minimum absolute atomic E-state index is 0.0660. The number of rotatable bonds is 6. The number of aromatic nitrogens is 1. The van der Waals surface area contributed by atoms with Crippen LogP contribution in [0.5, 0.6) is 0 Å². The van der Waals surface area contributed by atoms with Gasteiger partial charge in [0.15, 0.2) is 0 Å². The molecule has 0 amide bonds. The van der Waals surface area contributed by atoms with Crippen LogP contribution >= 0.6 is 0 Å². The molecule has 1 aromatic heterocycles. The molecule has 2 rings (SSSR count). The highest BCUT2D eigenvalue weighted by Crippen LogP contribution is 2.32. The van der Waals surface area contributed by atoms with Crippen LogP contribution in [0.1, 0.15) is 25.3 Å². The van der Waals surface area contributed by atoms with E-state index < -0.39 is 12.7 Å². The Hall–Kier alpha value is -1.30. The number of hydrogen-bond donors (Lipinski definition) is 1. The van der Waals surface area contributed by atoms with Crippen LogP contribution in [0.25, 0.3) is 0 Å². The first-order valence-corrected chi connectivity index (χ1v) is 6.48. The molecule has 0 radical (unpaired) electrons. The number of pyridine rings is 1. The van der Waals surface area contributed by atoms with Gasteiger partial charge in [0.05, 0.1) is 6.54 Å². The number of nitrogens with one attached hydrogen (secondary N) is 1. The minimum atomic E-state index is -4.15. The lowest BCUT2D eigenvalue weighted by molar-refractivity contribution is -0.148. The third kappa shape index (κ3) is 4.38. The first-order valence-electron chi connectivity index (χ1n) is 6.48. The molecule has 1 N–H and O–H groups in total. The lowest BCUT2D eigenvalue weighted by Crippen LogP contribution is -2.35. The lowest BCUT2D eigenvalue weighted by Gasteiger charge is -2.24. The Morgan fingerprint density at radius 1 is 1.42 bits per heavy atom. The van der Waals surface area contributed by atoms with Crippen LogP contribution in [0, 0.1) is 0 Å². The molecule has 0 aromatic carbocycles. The monoisotopic (exact) mass is 273 g/mol. The molecule has 0 bridgehead atoms. The number of hydrogen-bond acceptors (Lipinski definition) is 3. The van der Waals surface area contributed by atoms with Crippen molar-refractivity contribution < 1.29 is 13.2 Å². The topological polar surface area (TPSA) is 28.2 Å². The molecule has 1 aromatic rings. The fourth-order valence-corrected chi connectivity index (χ4v) is 2.10. The fourth-order valence-electron chi connectivity index (χ4n) is 2.10. The highest BCUT2D eigenvalue weighted by atomic mass is 19.4. The van der Waals surface area contributed by atoms with E-state index in [0.717, 1.165) is 18.4 Å². The Labute approximate surface area is 110 Å². The van der Waals surface area contributed by atoms with Gasteiger partial charge in [0.2, 0.25) is 0 Å². The van der Waals surface area contributed by atoms with Crippen molar-refractivity contribution in [2.45, 2.75) is 38.5 Å². The van der Waals surface area contributed by atoms with Crippen LogP contribution in [0.4, 0.5) is 19.0 Å². The van der Waals surface area contributed by atoms with Gasteiger partial charge >= 0.3 is 6.18 Å². The van der Waals surface area contributed by atoms with Gasteiger partial charge in [0, 0.05) is 30.9 Å². The van der Waals surface area contributed by atoms with Crippen molar-refractivity contribution in [3.05, 3.63) is 23.9 Å². The molecule has 0 aliphatic heterocycles. The summed E-state index contributed by atoms with van der Waals surface area (Å²) in [6, 6.07) is 3.65. The zero-order chi connectivity index (χ0) is 13.9. The molecule has 6 heteroatoms. The van der Waals surface area contributed by atoms with Crippen molar-refractivity contribution in [2.75, 3.05) is 18.4 Å². The van der Waals surface area contributed by atoms with Crippen molar-refractivity contribution in [3.63, 3.8) is 0 Å². The zero-order valence-corrected chi connectivity index (χ0v) is 10.9. The summed E-state index contributed by atoms with van der Waals surface area (Å²) in [7, 11) is 0. The quantitative estimate of drug-likeness (QED) is 0.863. The normalized spacial score (nSPS) is 15.8. The maximum Gasteiger partial charge on any atom is 0.401 e. The Bertz CT molecular complexity index is 416. The number of nitrogens with zero attached hydrogens (tertiary/aromatic N) is 2. The van der Waals surface area contributed by atoms with Gasteiger partial charge in [0.25, 0.3) is 0 Å². The van der Waals surface area contributed by atoms with Gasteiger partial charge in [-0.05, 0) is 25.8 Å². The van der Waals surface area contributed by atoms with Gasteiger partial charge < -0.3 is 5.32 Å². The molecule has 1 fully saturated rings. The fraction of sp³-hybridized carbons (Fsp3) is 0.615. The van der Waals surface area contributed by atoms with E-state index in [0.29, 0.717) is 18.9 Å². The maximum atomic E-state index is 12.6. The minimum Gasteiger partial charge on any atom is -0.370 e. The van der Waals surface area contributed by atoms with Crippen molar-refractivity contribution in [3.8, 4) is 0 Å². The average molecular weight is 273 g/mol. The standard InChI is InChI=1S/C13H18F3N3/c1-2-17-12-10(4-3-7-18-12)8-19(11-5-6-11)9-13(14,15)16/h3-4,7,11H,2,5-6,8-9H2,1H3,(H,17,18). The van der Waals surface area contributed by atoms with Gasteiger partial charge in [-0.25, -0.2) is 4.98 Å². The molecular formula is C13H18F3N3. The summed E-state index contributed by atoms with van der Waals surface area (Å²) in [6.45, 7) is 2.08. The predicted molar refractivity (Wildman–Crippen MR) is 67.9 cm³/mol. The Kier molecular flexibility index (Phi) is 4.29. The molecule has 0 unspecified atom stereocenters. The van der Waals surface area contributed by atoms with E-state index in [9.17, 15) is 13.2 Å². The summed E-state index contributed by atoms with van der Waals surface area (Å²) < 4.78 is 37.7. The Morgan fingerprint density at radius 3 is 2.74 bits per heavy atom. The van der Waals surface area contributed by atoms with Gasteiger partial charge in [-0.3, -0.25) is 4.90 Å². The predicted octanol–water partition coefficient (Wildman–Crippen LogP) is 3.04. The third-order valence-corrected chi connectivity index (χ3v) is 3.05. The third-order valence-electron chi connectivity index (χ3n) is 3.05. The Morgan fingerprint density at radius 2 is 2.16 bits per heavy atom. The molecule has 0 saturated heterocycles. The van der Waals surface area contributed by atoms with Crippen LogP contribution in [0.2, 0.25) is 0 Å². The highest BCUT2D eigenvalue weighted by Gasteiger charge is 2.38. The van der Waals surface area contributed by atoms with Gasteiger partial charge in [0.1, 0.15) is 5.82 Å². The summed E-state index contributed by atoms with van der Waals surface area (Å²) in [5.74, 6) is 0.679. The molecular weight excluding hydrogens is 255 g/mol.